The molecule has 0 saturated carbocycles. The van der Waals surface area contributed by atoms with Crippen LogP contribution in [0.2, 0.25) is 0 Å². The number of nitrogens with one attached hydrogen (secondary N) is 1. The van der Waals surface area contributed by atoms with E-state index in [1.807, 2.05) is 0 Å². The van der Waals surface area contributed by atoms with Gasteiger partial charge in [0.15, 0.2) is 0 Å². The first-order valence-electron chi connectivity index (χ1n) is 2.00. The summed E-state index contributed by atoms with van der Waals surface area (Å²) in [6.45, 7) is 3.74. The lowest BCUT2D eigenvalue weighted by atomic mass is 10.4. The predicted molar refractivity (Wildman–Crippen MR) is 29.8 cm³/mol. The van der Waals surface area contributed by atoms with E-state index in [0.717, 1.165) is 0 Å². The summed E-state index contributed by atoms with van der Waals surface area (Å²) in [5.74, 6) is 0. The van der Waals surface area contributed by atoms with Gasteiger partial charge in [0.2, 0.25) is 0 Å². The summed E-state index contributed by atoms with van der Waals surface area (Å²) >= 11 is 0. The van der Waals surface area contributed by atoms with E-state index in [-0.39, 0.29) is 0 Å². The van der Waals surface area contributed by atoms with Gasteiger partial charge in [0, 0.05) is 7.11 Å². The van der Waals surface area contributed by atoms with Gasteiger partial charge < -0.3 is 10.1 Å². The van der Waals surface area contributed by atoms with E-state index in [4.69, 9.17) is 5.41 Å². The van der Waals surface area contributed by atoms with Crippen molar-refractivity contribution in [2.75, 3.05) is 13.7 Å². The van der Waals surface area contributed by atoms with E-state index in [2.05, 4.69) is 11.3 Å². The minimum absolute atomic E-state index is 0.365. The molecule has 0 radical (unpaired) electrons. The van der Waals surface area contributed by atoms with Crippen LogP contribution in [0.3, 0.4) is 0 Å². The largest absolute Gasteiger partial charge is 0.378 e. The summed E-state index contributed by atoms with van der Waals surface area (Å²) in [7, 11) is 1.55. The van der Waals surface area contributed by atoms with Gasteiger partial charge in [0.1, 0.15) is 0 Å². The quantitative estimate of drug-likeness (QED) is 0.522. The molecule has 0 amide bonds. The number of ether oxygens (including phenoxy) is 1. The maximum Gasteiger partial charge on any atom is 0.0876 e. The molecule has 0 aromatic heterocycles. The predicted octanol–water partition coefficient (Wildman–Crippen LogP) is 0.839. The van der Waals surface area contributed by atoms with Gasteiger partial charge in [-0.05, 0) is 6.08 Å². The fourth-order valence-electron chi connectivity index (χ4n) is 0.214. The first kappa shape index (κ1) is 6.37. The third kappa shape index (κ3) is 3.19. The fraction of sp³-hybridized carbons (Fsp3) is 0.400. The summed E-state index contributed by atoms with van der Waals surface area (Å²) in [6, 6.07) is 0. The summed E-state index contributed by atoms with van der Waals surface area (Å²) in [5, 5.41) is 6.89. The van der Waals surface area contributed by atoms with E-state index >= 15 is 0 Å². The number of methoxy groups -OCH3 is 1. The molecule has 1 N–H and O–H groups in total. The smallest absolute Gasteiger partial charge is 0.0876 e. The Labute approximate surface area is 43.3 Å². The van der Waals surface area contributed by atoms with Crippen LogP contribution in [0.15, 0.2) is 12.7 Å². The Morgan fingerprint density at radius 1 is 2.00 bits per heavy atom. The van der Waals surface area contributed by atoms with Crippen molar-refractivity contribution in [1.29, 1.82) is 5.41 Å². The second-order valence-electron chi connectivity index (χ2n) is 1.16. The van der Waals surface area contributed by atoms with Gasteiger partial charge >= 0.3 is 0 Å². The zero-order chi connectivity index (χ0) is 5.70. The van der Waals surface area contributed by atoms with Crippen LogP contribution in [0, 0.1) is 5.41 Å². The Bertz CT molecular complexity index is 78.1. The molecule has 0 unspecified atom stereocenters. The molecular formula is C5H9NO. The maximum absolute atomic E-state index is 6.89. The molecule has 0 rings (SSSR count). The van der Waals surface area contributed by atoms with Gasteiger partial charge in [0.25, 0.3) is 0 Å². The molecule has 0 aliphatic rings. The topological polar surface area (TPSA) is 33.1 Å². The minimum atomic E-state index is 0.365. The summed E-state index contributed by atoms with van der Waals surface area (Å²) < 4.78 is 4.60. The van der Waals surface area contributed by atoms with Gasteiger partial charge in [-0.1, -0.05) is 6.58 Å². The highest BCUT2D eigenvalue weighted by atomic mass is 16.5. The lowest BCUT2D eigenvalue weighted by molar-refractivity contribution is 0.245. The van der Waals surface area contributed by atoms with E-state index in [1.165, 1.54) is 6.08 Å². The lowest BCUT2D eigenvalue weighted by Crippen LogP contribution is -1.99. The van der Waals surface area contributed by atoms with Crippen molar-refractivity contribution in [2.24, 2.45) is 0 Å². The Hall–Kier alpha value is -0.630. The van der Waals surface area contributed by atoms with Crippen LogP contribution in [0.25, 0.3) is 0 Å². The van der Waals surface area contributed by atoms with Crippen molar-refractivity contribution < 1.29 is 4.74 Å². The van der Waals surface area contributed by atoms with Crippen molar-refractivity contribution >= 4 is 5.71 Å². The molecule has 0 bridgehead atoms. The van der Waals surface area contributed by atoms with Crippen LogP contribution in [-0.2, 0) is 4.74 Å². The van der Waals surface area contributed by atoms with E-state index < -0.39 is 0 Å². The molecule has 0 saturated heterocycles. The van der Waals surface area contributed by atoms with Gasteiger partial charge in [-0.15, -0.1) is 0 Å². The van der Waals surface area contributed by atoms with Crippen molar-refractivity contribution in [3.63, 3.8) is 0 Å². The van der Waals surface area contributed by atoms with Crippen LogP contribution in [0.5, 0.6) is 0 Å². The van der Waals surface area contributed by atoms with Crippen LogP contribution < -0.4 is 0 Å². The average molecular weight is 99.1 g/mol. The number of hydrogen-bond donors (Lipinski definition) is 1. The Morgan fingerprint density at radius 3 is 2.71 bits per heavy atom. The first-order valence-corrected chi connectivity index (χ1v) is 2.00. The molecule has 0 aromatic carbocycles. The summed E-state index contributed by atoms with van der Waals surface area (Å²) in [4.78, 5) is 0. The molecule has 2 nitrogen and oxygen atoms in total. The molecule has 0 aliphatic carbocycles. The third-order valence-electron chi connectivity index (χ3n) is 0.546. The van der Waals surface area contributed by atoms with Gasteiger partial charge in [-0.2, -0.15) is 0 Å². The Kier molecular flexibility index (Phi) is 3.24. The second-order valence-corrected chi connectivity index (χ2v) is 1.16. The van der Waals surface area contributed by atoms with E-state index in [9.17, 15) is 0 Å². The fourth-order valence-corrected chi connectivity index (χ4v) is 0.214. The molecule has 0 aliphatic heterocycles. The molecule has 0 atom stereocenters. The molecule has 40 valence electrons. The maximum atomic E-state index is 6.89. The van der Waals surface area contributed by atoms with E-state index in [0.29, 0.717) is 12.3 Å². The second kappa shape index (κ2) is 3.56. The molecule has 0 aromatic rings. The van der Waals surface area contributed by atoms with Crippen LogP contribution in [0.1, 0.15) is 0 Å². The minimum Gasteiger partial charge on any atom is -0.378 e. The molecular weight excluding hydrogens is 90.1 g/mol. The number of rotatable bonds is 3. The van der Waals surface area contributed by atoms with Gasteiger partial charge in [0.05, 0.1) is 12.3 Å². The molecule has 0 heterocycles. The highest BCUT2D eigenvalue weighted by molar-refractivity contribution is 5.92. The highest BCUT2D eigenvalue weighted by Crippen LogP contribution is 1.72. The first-order chi connectivity index (χ1) is 3.31. The van der Waals surface area contributed by atoms with E-state index in [1.54, 1.807) is 7.11 Å². The zero-order valence-electron chi connectivity index (χ0n) is 4.40. The lowest BCUT2D eigenvalue weighted by Gasteiger charge is -1.90. The van der Waals surface area contributed by atoms with Crippen molar-refractivity contribution in [3.05, 3.63) is 12.7 Å². The van der Waals surface area contributed by atoms with Crippen LogP contribution in [-0.4, -0.2) is 19.4 Å². The Balaban J connectivity index is 3.17. The van der Waals surface area contributed by atoms with Crippen molar-refractivity contribution in [1.82, 2.24) is 0 Å². The monoisotopic (exact) mass is 99.1 g/mol. The van der Waals surface area contributed by atoms with Crippen molar-refractivity contribution in [3.8, 4) is 0 Å². The van der Waals surface area contributed by atoms with Gasteiger partial charge in [-0.25, -0.2) is 0 Å². The third-order valence-corrected chi connectivity index (χ3v) is 0.546. The normalized spacial score (nSPS) is 8.14. The van der Waals surface area contributed by atoms with Crippen molar-refractivity contribution in [2.45, 2.75) is 0 Å². The molecule has 0 fully saturated rings. The molecule has 0 spiro atoms. The van der Waals surface area contributed by atoms with Gasteiger partial charge in [-0.3, -0.25) is 0 Å². The average Bonchev–Trinajstić information content (AvgIpc) is 1.68. The standard InChI is InChI=1S/C5H9NO/c1-3-5(6)4-7-2/h3,6H,1,4H2,2H3. The molecule has 7 heavy (non-hydrogen) atoms. The SMILES string of the molecule is C=CC(=N)COC. The molecule has 2 heteroatoms. The zero-order valence-corrected chi connectivity index (χ0v) is 4.40. The van der Waals surface area contributed by atoms with Crippen LogP contribution >= 0.6 is 0 Å². The summed E-state index contributed by atoms with van der Waals surface area (Å²) in [5.41, 5.74) is 0.419. The Morgan fingerprint density at radius 2 is 2.57 bits per heavy atom. The van der Waals surface area contributed by atoms with Crippen LogP contribution in [0.4, 0.5) is 0 Å². The summed E-state index contributed by atoms with van der Waals surface area (Å²) in [6.07, 6.45) is 1.46. The highest BCUT2D eigenvalue weighted by Gasteiger charge is 1.82. The number of hydrogen-bond acceptors (Lipinski definition) is 2.